The third kappa shape index (κ3) is 4.22. The molecule has 1 fully saturated rings. The summed E-state index contributed by atoms with van der Waals surface area (Å²) in [4.78, 5) is 15.0. The van der Waals surface area contributed by atoms with Crippen LogP contribution >= 0.6 is 0 Å². The summed E-state index contributed by atoms with van der Waals surface area (Å²) in [6, 6.07) is 9.68. The lowest BCUT2D eigenvalue weighted by Crippen LogP contribution is -2.43. The van der Waals surface area contributed by atoms with Crippen molar-refractivity contribution in [3.63, 3.8) is 0 Å². The van der Waals surface area contributed by atoms with Crippen LogP contribution in [0.15, 0.2) is 36.5 Å². The number of hydrogen-bond donors (Lipinski definition) is 2. The van der Waals surface area contributed by atoms with Crippen LogP contribution in [0.4, 0.5) is 11.4 Å². The smallest absolute Gasteiger partial charge is 0.325 e. The Labute approximate surface area is 183 Å². The van der Waals surface area contributed by atoms with Crippen molar-refractivity contribution < 1.29 is 14.7 Å². The molecule has 4 rings (SSSR count). The molecular weight excluding hydrogens is 390 g/mol. The lowest BCUT2D eigenvalue weighted by molar-refractivity contribution is -0.911. The molecule has 2 N–H and O–H groups in total. The van der Waals surface area contributed by atoms with Gasteiger partial charge in [0, 0.05) is 48.5 Å². The van der Waals surface area contributed by atoms with Crippen molar-refractivity contribution in [2.24, 2.45) is 0 Å². The van der Waals surface area contributed by atoms with Crippen LogP contribution in [0.3, 0.4) is 0 Å². The quantitative estimate of drug-likeness (QED) is 0.469. The van der Waals surface area contributed by atoms with Crippen LogP contribution < -0.4 is 14.9 Å². The Balaban J connectivity index is 1.68. The number of nitrogens with one attached hydrogen (secondary N) is 1. The van der Waals surface area contributed by atoms with Crippen LogP contribution in [-0.4, -0.2) is 35.0 Å². The molecular formula is C24H32N5O2+. The van der Waals surface area contributed by atoms with Gasteiger partial charge in [0.15, 0.2) is 0 Å². The number of carbonyl (C=O) groups excluding carboxylic acids is 1. The number of carbonyl (C=O) groups is 1. The van der Waals surface area contributed by atoms with Gasteiger partial charge in [-0.05, 0) is 31.0 Å². The van der Waals surface area contributed by atoms with E-state index >= 15 is 0 Å². The van der Waals surface area contributed by atoms with Gasteiger partial charge in [0.25, 0.3) is 0 Å². The van der Waals surface area contributed by atoms with Crippen LogP contribution in [0, 0.1) is 0 Å². The first-order valence-electron chi connectivity index (χ1n) is 11.1. The number of hydrogen-bond acceptors (Lipinski definition) is 4. The molecule has 1 amide bonds. The second kappa shape index (κ2) is 8.57. The molecule has 7 heteroatoms. The third-order valence-electron chi connectivity index (χ3n) is 6.14. The first-order valence-corrected chi connectivity index (χ1v) is 11.1. The van der Waals surface area contributed by atoms with E-state index < -0.39 is 0 Å². The van der Waals surface area contributed by atoms with Gasteiger partial charge in [0.05, 0.1) is 22.9 Å². The van der Waals surface area contributed by atoms with E-state index in [-0.39, 0.29) is 17.5 Å². The Morgan fingerprint density at radius 1 is 1.23 bits per heavy atom. The number of rotatable bonds is 5. The number of anilines is 2. The summed E-state index contributed by atoms with van der Waals surface area (Å²) in [5.41, 5.74) is 3.38. The van der Waals surface area contributed by atoms with Crippen LogP contribution in [0.2, 0.25) is 0 Å². The van der Waals surface area contributed by atoms with Gasteiger partial charge in [-0.1, -0.05) is 33.1 Å². The molecule has 3 aromatic rings. The average molecular weight is 423 g/mol. The fourth-order valence-electron chi connectivity index (χ4n) is 4.40. The molecule has 0 unspecified atom stereocenters. The molecule has 0 aliphatic heterocycles. The molecule has 0 bridgehead atoms. The molecule has 1 aromatic carbocycles. The molecule has 31 heavy (non-hydrogen) atoms. The highest BCUT2D eigenvalue weighted by atomic mass is 16.5. The van der Waals surface area contributed by atoms with Crippen LogP contribution in [0.5, 0.6) is 0 Å². The summed E-state index contributed by atoms with van der Waals surface area (Å²) in [7, 11) is 3.89. The van der Waals surface area contributed by atoms with Gasteiger partial charge in [-0.15, -0.1) is 0 Å². The van der Waals surface area contributed by atoms with Gasteiger partial charge in [0.2, 0.25) is 5.69 Å². The Bertz CT molecular complexity index is 1100. The lowest BCUT2D eigenvalue weighted by atomic mass is 9.96. The van der Waals surface area contributed by atoms with Crippen molar-refractivity contribution in [3.05, 3.63) is 47.9 Å². The maximum absolute atomic E-state index is 13.0. The highest BCUT2D eigenvalue weighted by molar-refractivity contribution is 6.05. The summed E-state index contributed by atoms with van der Waals surface area (Å²) in [6.45, 7) is 3.96. The molecule has 1 aliphatic carbocycles. The molecule has 0 atom stereocenters. The Hall–Kier alpha value is -3.09. The fourth-order valence-corrected chi connectivity index (χ4v) is 4.40. The largest absolute Gasteiger partial charge is 0.376 e. The summed E-state index contributed by atoms with van der Waals surface area (Å²) in [5.74, 6) is -0.260. The van der Waals surface area contributed by atoms with Crippen LogP contribution in [0.25, 0.3) is 10.9 Å². The Morgan fingerprint density at radius 3 is 2.65 bits per heavy atom. The second-order valence-electron chi connectivity index (χ2n) is 8.98. The summed E-state index contributed by atoms with van der Waals surface area (Å²) in [5, 5.41) is 19.4. The van der Waals surface area contributed by atoms with Gasteiger partial charge in [0.1, 0.15) is 0 Å². The minimum absolute atomic E-state index is 0.0945. The highest BCUT2D eigenvalue weighted by Gasteiger charge is 2.26. The van der Waals surface area contributed by atoms with E-state index in [4.69, 9.17) is 5.10 Å². The fraction of sp³-hybridized carbons (Fsp3) is 0.458. The van der Waals surface area contributed by atoms with Crippen molar-refractivity contribution in [2.75, 3.05) is 24.3 Å². The van der Waals surface area contributed by atoms with Gasteiger partial charge in [-0.25, -0.2) is 0 Å². The number of amides is 1. The van der Waals surface area contributed by atoms with Gasteiger partial charge in [-0.2, -0.15) is 5.10 Å². The van der Waals surface area contributed by atoms with Gasteiger partial charge >= 0.3 is 11.6 Å². The normalized spacial score (nSPS) is 14.9. The maximum atomic E-state index is 13.0. The van der Waals surface area contributed by atoms with E-state index in [0.717, 1.165) is 21.3 Å². The van der Waals surface area contributed by atoms with E-state index in [0.29, 0.717) is 17.4 Å². The zero-order valence-corrected chi connectivity index (χ0v) is 18.8. The molecule has 0 saturated heterocycles. The highest BCUT2D eigenvalue weighted by Crippen LogP contribution is 2.33. The molecule has 1 saturated carbocycles. The van der Waals surface area contributed by atoms with Crippen LogP contribution in [-0.2, 0) is 0 Å². The topological polar surface area (TPSA) is 74.3 Å². The molecule has 7 nitrogen and oxygen atoms in total. The lowest BCUT2D eigenvalue weighted by Gasteiger charge is -2.21. The van der Waals surface area contributed by atoms with E-state index in [1.807, 2.05) is 51.0 Å². The third-order valence-corrected chi connectivity index (χ3v) is 6.14. The van der Waals surface area contributed by atoms with Crippen molar-refractivity contribution in [1.82, 2.24) is 9.78 Å². The summed E-state index contributed by atoms with van der Waals surface area (Å²) >= 11 is 0. The number of nitrogens with zero attached hydrogens (tertiary/aromatic N) is 4. The van der Waals surface area contributed by atoms with Crippen molar-refractivity contribution in [2.45, 2.75) is 57.9 Å². The number of fused-ring (bicyclic) bond motifs is 1. The maximum Gasteiger partial charge on any atom is 0.325 e. The number of aromatic nitrogens is 3. The zero-order chi connectivity index (χ0) is 22.1. The zero-order valence-electron chi connectivity index (χ0n) is 18.8. The monoisotopic (exact) mass is 422 g/mol. The summed E-state index contributed by atoms with van der Waals surface area (Å²) in [6.07, 6.45) is 8.23. The molecule has 2 aromatic heterocycles. The van der Waals surface area contributed by atoms with Gasteiger partial charge in [-0.3, -0.25) is 14.7 Å². The first kappa shape index (κ1) is 21.2. The van der Waals surface area contributed by atoms with Crippen LogP contribution in [0.1, 0.15) is 74.1 Å². The predicted molar refractivity (Wildman–Crippen MR) is 122 cm³/mol. The Kier molecular flexibility index (Phi) is 5.85. The Morgan fingerprint density at radius 2 is 1.97 bits per heavy atom. The van der Waals surface area contributed by atoms with E-state index in [2.05, 4.69) is 16.2 Å². The molecule has 0 spiro atoms. The standard InChI is InChI=1S/C24H31N5O2/c1-16(2)21-11-8-12-22(29(21)31)24(30)25-20-13-17-15-28(18-9-6-5-7-10-18)26-19(17)14-23(20)27(3)4/h8,11-16,18H,5-7,9-10H2,1-4H3,(H-,25,30,31)/p+1. The first-order chi connectivity index (χ1) is 14.8. The summed E-state index contributed by atoms with van der Waals surface area (Å²) < 4.78 is 3.08. The minimum atomic E-state index is -0.355. The second-order valence-corrected chi connectivity index (χ2v) is 8.98. The number of benzene rings is 1. The van der Waals surface area contributed by atoms with Crippen molar-refractivity contribution in [3.8, 4) is 0 Å². The molecule has 164 valence electrons. The molecule has 1 aliphatic rings. The molecule has 2 heterocycles. The van der Waals surface area contributed by atoms with Crippen molar-refractivity contribution >= 4 is 28.2 Å². The average Bonchev–Trinajstić information content (AvgIpc) is 3.16. The SMILES string of the molecule is CC(C)c1cccc(C(=O)Nc2cc3cn(C4CCCCC4)nc3cc2N(C)C)[n+]1O. The van der Waals surface area contributed by atoms with Crippen molar-refractivity contribution in [1.29, 1.82) is 0 Å². The van der Waals surface area contributed by atoms with E-state index in [1.165, 1.54) is 32.1 Å². The minimum Gasteiger partial charge on any atom is -0.376 e. The van der Waals surface area contributed by atoms with E-state index in [9.17, 15) is 10.0 Å². The molecule has 0 radical (unpaired) electrons. The van der Waals surface area contributed by atoms with E-state index in [1.54, 1.807) is 12.1 Å². The van der Waals surface area contributed by atoms with Gasteiger partial charge < -0.3 is 10.2 Å². The predicted octanol–water partition coefficient (Wildman–Crippen LogP) is 4.51. The number of pyridine rings is 1.